The second-order valence-electron chi connectivity index (χ2n) is 7.08. The summed E-state index contributed by atoms with van der Waals surface area (Å²) in [6.07, 6.45) is 4.89. The number of ether oxygens (including phenoxy) is 3. The van der Waals surface area contributed by atoms with Crippen LogP contribution >= 0.6 is 0 Å². The number of aromatic hydroxyl groups is 1. The Balaban J connectivity index is 1.66. The topological polar surface area (TPSA) is 166 Å². The zero-order valence-corrected chi connectivity index (χ0v) is 17.9. The van der Waals surface area contributed by atoms with Gasteiger partial charge in [0.1, 0.15) is 5.82 Å². The van der Waals surface area contributed by atoms with Crippen molar-refractivity contribution >= 4 is 23.7 Å². The van der Waals surface area contributed by atoms with Crippen LogP contribution in [0.2, 0.25) is 0 Å². The molecule has 3 N–H and O–H groups in total. The zero-order chi connectivity index (χ0) is 23.8. The molecule has 1 atom stereocenters. The van der Waals surface area contributed by atoms with E-state index in [0.29, 0.717) is 36.8 Å². The van der Waals surface area contributed by atoms with Crippen LogP contribution in [-0.4, -0.2) is 58.4 Å². The molecule has 0 unspecified atom stereocenters. The van der Waals surface area contributed by atoms with Gasteiger partial charge in [-0.3, -0.25) is 19.7 Å². The van der Waals surface area contributed by atoms with Crippen LogP contribution in [0.3, 0.4) is 0 Å². The maximum Gasteiger partial charge on any atom is 0.395 e. The third-order valence-electron chi connectivity index (χ3n) is 4.69. The summed E-state index contributed by atoms with van der Waals surface area (Å²) in [6, 6.07) is 4.96. The van der Waals surface area contributed by atoms with Gasteiger partial charge in [-0.05, 0) is 43.5 Å². The lowest BCUT2D eigenvalue weighted by atomic mass is 10.2. The number of nitrogens with one attached hydrogen (secondary N) is 2. The summed E-state index contributed by atoms with van der Waals surface area (Å²) in [4.78, 5) is 39.4. The number of carbonyl (C=O) groups is 1. The third kappa shape index (κ3) is 6.53. The van der Waals surface area contributed by atoms with Crippen LogP contribution < -0.4 is 20.3 Å². The summed E-state index contributed by atoms with van der Waals surface area (Å²) in [6.45, 7) is 3.13. The van der Waals surface area contributed by atoms with Crippen LogP contribution in [0.1, 0.15) is 31.2 Å². The fourth-order valence-corrected chi connectivity index (χ4v) is 3.13. The van der Waals surface area contributed by atoms with E-state index in [2.05, 4.69) is 15.3 Å². The monoisotopic (exact) mass is 460 g/mol. The molecule has 1 aromatic carbocycles. The zero-order valence-electron chi connectivity index (χ0n) is 17.9. The summed E-state index contributed by atoms with van der Waals surface area (Å²) in [5.41, 5.74) is -1.45. The van der Waals surface area contributed by atoms with Gasteiger partial charge >= 0.3 is 11.2 Å². The van der Waals surface area contributed by atoms with Crippen LogP contribution in [0.15, 0.2) is 23.0 Å². The number of benzene rings is 1. The highest BCUT2D eigenvalue weighted by molar-refractivity contribution is 5.77. The summed E-state index contributed by atoms with van der Waals surface area (Å²) in [5, 5.41) is 23.2. The van der Waals surface area contributed by atoms with E-state index in [1.54, 1.807) is 31.2 Å². The molecule has 1 aliphatic rings. The lowest BCUT2D eigenvalue weighted by molar-refractivity contribution is -0.387. The standard InChI is InChI=1S/C21H24N4O8/c1-2-31-16-10-13(6-8-17-23-20(27)19(25(29)30)21(28)24-17)5-7-15(16)33-12-18(26)22-11-14-4-3-9-32-14/h5-8,10,14H,2-4,9,11-12H2,1H3,(H,22,26)(H2,23,24,27,28)/b8-6+/t14-/m0/s1. The molecule has 2 heterocycles. The normalized spacial score (nSPS) is 15.5. The average molecular weight is 460 g/mol. The average Bonchev–Trinajstić information content (AvgIpc) is 3.29. The molecule has 1 saturated heterocycles. The van der Waals surface area contributed by atoms with E-state index in [-0.39, 0.29) is 24.4 Å². The number of aromatic amines is 1. The van der Waals surface area contributed by atoms with Gasteiger partial charge in [-0.15, -0.1) is 0 Å². The van der Waals surface area contributed by atoms with Gasteiger partial charge in [0.25, 0.3) is 11.8 Å². The van der Waals surface area contributed by atoms with Crippen LogP contribution in [0.25, 0.3) is 12.2 Å². The number of hydrogen-bond acceptors (Lipinski definition) is 9. The molecule has 12 nitrogen and oxygen atoms in total. The molecule has 1 amide bonds. The fourth-order valence-electron chi connectivity index (χ4n) is 3.13. The van der Waals surface area contributed by atoms with Crippen molar-refractivity contribution in [1.82, 2.24) is 15.3 Å². The number of H-pyrrole nitrogens is 1. The highest BCUT2D eigenvalue weighted by atomic mass is 16.6. The molecule has 12 heteroatoms. The molecule has 33 heavy (non-hydrogen) atoms. The van der Waals surface area contributed by atoms with Gasteiger partial charge in [-0.25, -0.2) is 0 Å². The van der Waals surface area contributed by atoms with Gasteiger partial charge in [0.15, 0.2) is 18.1 Å². The van der Waals surface area contributed by atoms with Crippen molar-refractivity contribution < 1.29 is 29.0 Å². The number of aromatic nitrogens is 2. The Morgan fingerprint density at radius 1 is 1.39 bits per heavy atom. The lowest BCUT2D eigenvalue weighted by Crippen LogP contribution is -2.35. The van der Waals surface area contributed by atoms with E-state index in [4.69, 9.17) is 14.2 Å². The summed E-state index contributed by atoms with van der Waals surface area (Å²) < 4.78 is 16.6. The van der Waals surface area contributed by atoms with Gasteiger partial charge < -0.3 is 29.6 Å². The second-order valence-corrected chi connectivity index (χ2v) is 7.08. The van der Waals surface area contributed by atoms with E-state index in [0.717, 1.165) is 12.8 Å². The summed E-state index contributed by atoms with van der Waals surface area (Å²) in [7, 11) is 0. The second kappa shape index (κ2) is 11.1. The Kier molecular flexibility index (Phi) is 7.97. The first-order chi connectivity index (χ1) is 15.9. The van der Waals surface area contributed by atoms with Crippen molar-refractivity contribution in [2.24, 2.45) is 0 Å². The van der Waals surface area contributed by atoms with Crippen LogP contribution in [0.4, 0.5) is 5.69 Å². The van der Waals surface area contributed by atoms with Gasteiger partial charge in [-0.2, -0.15) is 4.98 Å². The Bertz CT molecular complexity index is 1090. The molecular weight excluding hydrogens is 436 g/mol. The van der Waals surface area contributed by atoms with Gasteiger partial charge in [0, 0.05) is 13.2 Å². The van der Waals surface area contributed by atoms with E-state index in [9.17, 15) is 24.8 Å². The number of nitrogens with zero attached hydrogens (tertiary/aromatic N) is 2. The van der Waals surface area contributed by atoms with Crippen molar-refractivity contribution in [1.29, 1.82) is 0 Å². The Labute approximate surface area is 188 Å². The summed E-state index contributed by atoms with van der Waals surface area (Å²) in [5.74, 6) is -0.533. The Morgan fingerprint density at radius 3 is 2.88 bits per heavy atom. The smallest absolute Gasteiger partial charge is 0.395 e. The molecule has 0 saturated carbocycles. The maximum atomic E-state index is 12.0. The Morgan fingerprint density at radius 2 is 2.21 bits per heavy atom. The minimum atomic E-state index is -1.07. The van der Waals surface area contributed by atoms with Crippen molar-refractivity contribution in [3.05, 3.63) is 50.1 Å². The molecular formula is C21H24N4O8. The van der Waals surface area contributed by atoms with Gasteiger partial charge in [0.2, 0.25) is 0 Å². The number of hydrogen-bond donors (Lipinski definition) is 3. The van der Waals surface area contributed by atoms with Crippen molar-refractivity contribution in [3.8, 4) is 17.4 Å². The molecule has 0 aliphatic carbocycles. The van der Waals surface area contributed by atoms with Crippen molar-refractivity contribution in [3.63, 3.8) is 0 Å². The largest absolute Gasteiger partial charge is 0.490 e. The Hall–Kier alpha value is -3.93. The highest BCUT2D eigenvalue weighted by Crippen LogP contribution is 2.29. The summed E-state index contributed by atoms with van der Waals surface area (Å²) >= 11 is 0. The molecule has 1 aliphatic heterocycles. The van der Waals surface area contributed by atoms with Gasteiger partial charge in [0.05, 0.1) is 17.6 Å². The molecule has 2 aromatic rings. The molecule has 0 bridgehead atoms. The predicted molar refractivity (Wildman–Crippen MR) is 117 cm³/mol. The van der Waals surface area contributed by atoms with Crippen LogP contribution in [0, 0.1) is 10.1 Å². The van der Waals surface area contributed by atoms with Crippen LogP contribution in [-0.2, 0) is 9.53 Å². The van der Waals surface area contributed by atoms with Crippen molar-refractivity contribution in [2.75, 3.05) is 26.4 Å². The van der Waals surface area contributed by atoms with E-state index in [1.165, 1.54) is 6.08 Å². The first-order valence-corrected chi connectivity index (χ1v) is 10.3. The predicted octanol–water partition coefficient (Wildman–Crippen LogP) is 1.63. The lowest BCUT2D eigenvalue weighted by Gasteiger charge is -2.14. The van der Waals surface area contributed by atoms with E-state index in [1.807, 2.05) is 0 Å². The number of carbonyl (C=O) groups excluding carboxylic acids is 1. The minimum Gasteiger partial charge on any atom is -0.490 e. The molecule has 1 aromatic heterocycles. The molecule has 176 valence electrons. The van der Waals surface area contributed by atoms with E-state index >= 15 is 0 Å². The van der Waals surface area contributed by atoms with Gasteiger partial charge in [-0.1, -0.05) is 12.1 Å². The van der Waals surface area contributed by atoms with E-state index < -0.39 is 22.0 Å². The highest BCUT2D eigenvalue weighted by Gasteiger charge is 2.21. The van der Waals surface area contributed by atoms with Crippen molar-refractivity contribution in [2.45, 2.75) is 25.9 Å². The number of amides is 1. The SMILES string of the molecule is CCOc1cc(/C=C/c2nc(O)c([N+](=O)[O-])c(=O)[nH]2)ccc1OCC(=O)NC[C@@H]1CCCO1. The first-order valence-electron chi connectivity index (χ1n) is 10.3. The molecule has 0 radical (unpaired) electrons. The number of rotatable bonds is 10. The third-order valence-corrected chi connectivity index (χ3v) is 4.69. The first kappa shape index (κ1) is 23.7. The molecule has 1 fully saturated rings. The number of nitro groups is 1. The quantitative estimate of drug-likeness (QED) is 0.353. The molecule has 3 rings (SSSR count). The molecule has 0 spiro atoms. The minimum absolute atomic E-state index is 0.0427. The van der Waals surface area contributed by atoms with Crippen LogP contribution in [0.5, 0.6) is 17.4 Å². The maximum absolute atomic E-state index is 12.0. The fraction of sp³-hybridized carbons (Fsp3) is 0.381.